The van der Waals surface area contributed by atoms with Gasteiger partial charge >= 0.3 is 0 Å². The Bertz CT molecular complexity index is 449. The summed E-state index contributed by atoms with van der Waals surface area (Å²) in [7, 11) is 0. The maximum atomic E-state index is 12.1. The van der Waals surface area contributed by atoms with Crippen LogP contribution in [-0.4, -0.2) is 24.2 Å². The molecule has 110 valence electrons. The van der Waals surface area contributed by atoms with Crippen molar-refractivity contribution in [3.63, 3.8) is 0 Å². The quantitative estimate of drug-likeness (QED) is 0.838. The van der Waals surface area contributed by atoms with E-state index in [0.717, 1.165) is 25.7 Å². The monoisotopic (exact) mass is 275 g/mol. The number of aliphatic hydroxyl groups excluding tert-OH is 1. The van der Waals surface area contributed by atoms with E-state index < -0.39 is 0 Å². The average molecular weight is 275 g/mol. The molecule has 1 aliphatic carbocycles. The maximum Gasteiger partial charge on any atom is 0.225 e. The minimum Gasteiger partial charge on any atom is -0.396 e. The van der Waals surface area contributed by atoms with Crippen LogP contribution in [0.15, 0.2) is 24.3 Å². The minimum atomic E-state index is -0.163. The molecule has 0 spiro atoms. The molecule has 0 saturated heterocycles. The standard InChI is InChI=1S/C17H25NO2/c1-13-4-6-14(7-5-13)10-15(12-19)11-18-16(20)17(2)8-3-9-17/h4-7,15,19H,3,8-12H2,1-2H3,(H,18,20). The second kappa shape index (κ2) is 6.40. The molecule has 1 aromatic rings. The van der Waals surface area contributed by atoms with E-state index in [-0.39, 0.29) is 23.8 Å². The third kappa shape index (κ3) is 3.60. The first kappa shape index (κ1) is 15.0. The van der Waals surface area contributed by atoms with Crippen molar-refractivity contribution in [1.29, 1.82) is 0 Å². The molecule has 0 heterocycles. The summed E-state index contributed by atoms with van der Waals surface area (Å²) in [6, 6.07) is 8.34. The molecule has 1 aromatic carbocycles. The lowest BCUT2D eigenvalue weighted by molar-refractivity contribution is -0.134. The van der Waals surface area contributed by atoms with Crippen molar-refractivity contribution in [2.75, 3.05) is 13.2 Å². The number of hydrogen-bond acceptors (Lipinski definition) is 2. The minimum absolute atomic E-state index is 0.0883. The zero-order valence-electron chi connectivity index (χ0n) is 12.5. The zero-order chi connectivity index (χ0) is 14.6. The highest BCUT2D eigenvalue weighted by Gasteiger charge is 2.39. The highest BCUT2D eigenvalue weighted by atomic mass is 16.3. The molecule has 3 nitrogen and oxygen atoms in total. The summed E-state index contributed by atoms with van der Waals surface area (Å²) < 4.78 is 0. The molecule has 3 heteroatoms. The Morgan fingerprint density at radius 2 is 2.00 bits per heavy atom. The van der Waals surface area contributed by atoms with E-state index in [0.29, 0.717) is 6.54 Å². The number of carbonyl (C=O) groups excluding carboxylic acids is 1. The van der Waals surface area contributed by atoms with Gasteiger partial charge in [-0.2, -0.15) is 0 Å². The number of hydrogen-bond donors (Lipinski definition) is 2. The summed E-state index contributed by atoms with van der Waals surface area (Å²) in [5, 5.41) is 12.5. The Kier molecular flexibility index (Phi) is 4.81. The first-order chi connectivity index (χ1) is 9.53. The zero-order valence-corrected chi connectivity index (χ0v) is 12.5. The smallest absolute Gasteiger partial charge is 0.225 e. The number of benzene rings is 1. The number of amides is 1. The molecule has 1 unspecified atom stereocenters. The highest BCUT2D eigenvalue weighted by Crippen LogP contribution is 2.40. The fourth-order valence-corrected chi connectivity index (χ4v) is 2.64. The molecule has 20 heavy (non-hydrogen) atoms. The van der Waals surface area contributed by atoms with Gasteiger partial charge in [0.05, 0.1) is 0 Å². The molecule has 1 fully saturated rings. The van der Waals surface area contributed by atoms with E-state index in [1.54, 1.807) is 0 Å². The van der Waals surface area contributed by atoms with Gasteiger partial charge < -0.3 is 10.4 Å². The Hall–Kier alpha value is -1.35. The Balaban J connectivity index is 1.83. The number of rotatable bonds is 6. The van der Waals surface area contributed by atoms with Gasteiger partial charge in [-0.05, 0) is 31.7 Å². The van der Waals surface area contributed by atoms with Crippen LogP contribution in [0.5, 0.6) is 0 Å². The number of aliphatic hydroxyl groups is 1. The third-order valence-corrected chi connectivity index (χ3v) is 4.46. The average Bonchev–Trinajstić information content (AvgIpc) is 2.42. The van der Waals surface area contributed by atoms with Gasteiger partial charge in [-0.3, -0.25) is 4.79 Å². The normalized spacial score (nSPS) is 18.1. The van der Waals surface area contributed by atoms with Crippen LogP contribution < -0.4 is 5.32 Å². The van der Waals surface area contributed by atoms with Crippen molar-refractivity contribution in [2.24, 2.45) is 11.3 Å². The van der Waals surface area contributed by atoms with Gasteiger partial charge in [-0.25, -0.2) is 0 Å². The van der Waals surface area contributed by atoms with E-state index in [1.807, 2.05) is 6.92 Å². The number of aryl methyl sites for hydroxylation is 1. The van der Waals surface area contributed by atoms with Crippen LogP contribution >= 0.6 is 0 Å². The SMILES string of the molecule is Cc1ccc(CC(CO)CNC(=O)C2(C)CCC2)cc1. The lowest BCUT2D eigenvalue weighted by Crippen LogP contribution is -2.45. The third-order valence-electron chi connectivity index (χ3n) is 4.46. The van der Waals surface area contributed by atoms with Crippen molar-refractivity contribution in [1.82, 2.24) is 5.32 Å². The Morgan fingerprint density at radius 3 is 2.50 bits per heavy atom. The van der Waals surface area contributed by atoms with Gasteiger partial charge in [0.1, 0.15) is 0 Å². The van der Waals surface area contributed by atoms with Crippen molar-refractivity contribution in [3.8, 4) is 0 Å². The predicted molar refractivity (Wildman–Crippen MR) is 80.4 cm³/mol. The molecular formula is C17H25NO2. The maximum absolute atomic E-state index is 12.1. The summed E-state index contributed by atoms with van der Waals surface area (Å²) in [5.74, 6) is 0.233. The van der Waals surface area contributed by atoms with Crippen molar-refractivity contribution in [3.05, 3.63) is 35.4 Å². The van der Waals surface area contributed by atoms with Gasteiger partial charge in [0, 0.05) is 24.5 Å². The van der Waals surface area contributed by atoms with Crippen LogP contribution in [0.25, 0.3) is 0 Å². The predicted octanol–water partition coefficient (Wildman–Crippen LogP) is 2.45. The van der Waals surface area contributed by atoms with Crippen LogP contribution in [0.2, 0.25) is 0 Å². The molecule has 0 aromatic heterocycles. The molecule has 1 aliphatic rings. The first-order valence-corrected chi connectivity index (χ1v) is 7.48. The molecule has 1 saturated carbocycles. The van der Waals surface area contributed by atoms with Gasteiger partial charge in [0.15, 0.2) is 0 Å². The van der Waals surface area contributed by atoms with Gasteiger partial charge in [-0.1, -0.05) is 43.2 Å². The van der Waals surface area contributed by atoms with E-state index in [4.69, 9.17) is 0 Å². The van der Waals surface area contributed by atoms with Crippen LogP contribution in [0, 0.1) is 18.3 Å². The Labute approximate surface area is 121 Å². The van der Waals surface area contributed by atoms with E-state index >= 15 is 0 Å². The topological polar surface area (TPSA) is 49.3 Å². The van der Waals surface area contributed by atoms with Crippen molar-refractivity contribution < 1.29 is 9.90 Å². The second-order valence-electron chi connectivity index (χ2n) is 6.36. The summed E-state index contributed by atoms with van der Waals surface area (Å²) in [4.78, 5) is 12.1. The summed E-state index contributed by atoms with van der Waals surface area (Å²) >= 11 is 0. The summed E-state index contributed by atoms with van der Waals surface area (Å²) in [5.41, 5.74) is 2.28. The number of carbonyl (C=O) groups is 1. The number of nitrogens with one attached hydrogen (secondary N) is 1. The van der Waals surface area contributed by atoms with E-state index in [9.17, 15) is 9.90 Å². The lowest BCUT2D eigenvalue weighted by Gasteiger charge is -2.36. The molecule has 0 aliphatic heterocycles. The fourth-order valence-electron chi connectivity index (χ4n) is 2.64. The molecule has 2 rings (SSSR count). The van der Waals surface area contributed by atoms with Crippen LogP contribution in [0.4, 0.5) is 0 Å². The van der Waals surface area contributed by atoms with E-state index in [2.05, 4.69) is 36.5 Å². The first-order valence-electron chi connectivity index (χ1n) is 7.48. The van der Waals surface area contributed by atoms with Crippen molar-refractivity contribution >= 4 is 5.91 Å². The van der Waals surface area contributed by atoms with Gasteiger partial charge in [0.25, 0.3) is 0 Å². The molecule has 1 amide bonds. The molecule has 0 bridgehead atoms. The van der Waals surface area contributed by atoms with Crippen LogP contribution in [0.3, 0.4) is 0 Å². The summed E-state index contributed by atoms with van der Waals surface area (Å²) in [6.45, 7) is 4.75. The second-order valence-corrected chi connectivity index (χ2v) is 6.36. The Morgan fingerprint density at radius 1 is 1.35 bits per heavy atom. The van der Waals surface area contributed by atoms with Crippen LogP contribution in [0.1, 0.15) is 37.3 Å². The molecular weight excluding hydrogens is 250 g/mol. The van der Waals surface area contributed by atoms with Crippen LogP contribution in [-0.2, 0) is 11.2 Å². The largest absolute Gasteiger partial charge is 0.396 e. The lowest BCUT2D eigenvalue weighted by atomic mass is 9.70. The van der Waals surface area contributed by atoms with Crippen molar-refractivity contribution in [2.45, 2.75) is 39.5 Å². The molecule has 1 atom stereocenters. The van der Waals surface area contributed by atoms with Gasteiger partial charge in [-0.15, -0.1) is 0 Å². The van der Waals surface area contributed by atoms with Gasteiger partial charge in [0.2, 0.25) is 5.91 Å². The molecule has 2 N–H and O–H groups in total. The fraction of sp³-hybridized carbons (Fsp3) is 0.588. The molecule has 0 radical (unpaired) electrons. The van der Waals surface area contributed by atoms with E-state index in [1.165, 1.54) is 11.1 Å². The highest BCUT2D eigenvalue weighted by molar-refractivity contribution is 5.83. The summed E-state index contributed by atoms with van der Waals surface area (Å²) in [6.07, 6.45) is 3.92.